The predicted octanol–water partition coefficient (Wildman–Crippen LogP) is 2.56. The normalized spacial score (nSPS) is 22.1. The fraction of sp³-hybridized carbons (Fsp3) is 0.200. The first-order valence-corrected chi connectivity index (χ1v) is 5.97. The Morgan fingerprint density at radius 1 is 1.00 bits per heavy atom. The quantitative estimate of drug-likeness (QED) is 0.808. The first-order chi connectivity index (χ1) is 8.69. The molecule has 0 amide bonds. The van der Waals surface area contributed by atoms with Crippen LogP contribution in [-0.2, 0) is 12.2 Å². The molecule has 0 spiro atoms. The molecule has 0 saturated heterocycles. The summed E-state index contributed by atoms with van der Waals surface area (Å²) < 4.78 is 5.68. The van der Waals surface area contributed by atoms with Crippen molar-refractivity contribution in [2.24, 2.45) is 0 Å². The monoisotopic (exact) mass is 242 g/mol. The van der Waals surface area contributed by atoms with Gasteiger partial charge in [0.2, 0.25) is 5.79 Å². The van der Waals surface area contributed by atoms with Crippen molar-refractivity contribution in [3.05, 3.63) is 59.7 Å². The van der Waals surface area contributed by atoms with Crippen LogP contribution in [-0.4, -0.2) is 10.2 Å². The van der Waals surface area contributed by atoms with Crippen LogP contribution in [0.1, 0.15) is 17.5 Å². The van der Waals surface area contributed by atoms with Crippen molar-refractivity contribution in [3.63, 3.8) is 0 Å². The number of benzene rings is 2. The molecule has 1 aliphatic heterocycles. The molecule has 3 rings (SSSR count). The minimum Gasteiger partial charge on any atom is -0.507 e. The Labute approximate surface area is 105 Å². The van der Waals surface area contributed by atoms with Gasteiger partial charge in [-0.05, 0) is 30.2 Å². The summed E-state index contributed by atoms with van der Waals surface area (Å²) in [7, 11) is 0. The van der Waals surface area contributed by atoms with E-state index in [1.165, 1.54) is 0 Å². The maximum atomic E-state index is 10.6. The van der Waals surface area contributed by atoms with Gasteiger partial charge in [0.15, 0.2) is 0 Å². The number of aliphatic hydroxyl groups is 1. The molecular formula is C15H14O3. The number of phenolic OH excluding ortho intramolecular Hbond substituents is 1. The Balaban J connectivity index is 2.02. The minimum absolute atomic E-state index is 0.0550. The molecular weight excluding hydrogens is 228 g/mol. The van der Waals surface area contributed by atoms with Crippen molar-refractivity contribution in [1.29, 1.82) is 0 Å². The van der Waals surface area contributed by atoms with E-state index in [0.717, 1.165) is 12.0 Å². The van der Waals surface area contributed by atoms with Gasteiger partial charge in [0.1, 0.15) is 11.5 Å². The Kier molecular flexibility index (Phi) is 2.49. The molecule has 0 fully saturated rings. The lowest BCUT2D eigenvalue weighted by Gasteiger charge is -2.34. The molecule has 0 radical (unpaired) electrons. The van der Waals surface area contributed by atoms with Crippen molar-refractivity contribution >= 4 is 0 Å². The lowest BCUT2D eigenvalue weighted by molar-refractivity contribution is -0.159. The number of fused-ring (bicyclic) bond motifs is 1. The highest BCUT2D eigenvalue weighted by Gasteiger charge is 2.37. The molecule has 2 aromatic rings. The smallest absolute Gasteiger partial charge is 0.238 e. The highest BCUT2D eigenvalue weighted by molar-refractivity contribution is 5.41. The van der Waals surface area contributed by atoms with Crippen LogP contribution in [0.25, 0.3) is 0 Å². The number of ether oxygens (including phenoxy) is 1. The summed E-state index contributed by atoms with van der Waals surface area (Å²) in [6, 6.07) is 14.4. The van der Waals surface area contributed by atoms with Crippen molar-refractivity contribution < 1.29 is 14.9 Å². The van der Waals surface area contributed by atoms with Gasteiger partial charge in [-0.1, -0.05) is 30.3 Å². The molecule has 0 aliphatic carbocycles. The van der Waals surface area contributed by atoms with Gasteiger partial charge in [0.05, 0.1) is 5.56 Å². The number of hydrogen-bond donors (Lipinski definition) is 2. The van der Waals surface area contributed by atoms with Crippen LogP contribution >= 0.6 is 0 Å². The molecule has 1 aliphatic rings. The minimum atomic E-state index is -1.44. The zero-order valence-electron chi connectivity index (χ0n) is 9.84. The van der Waals surface area contributed by atoms with Gasteiger partial charge in [-0.15, -0.1) is 0 Å². The van der Waals surface area contributed by atoms with Crippen LogP contribution in [0.5, 0.6) is 11.5 Å². The van der Waals surface area contributed by atoms with Gasteiger partial charge in [0.25, 0.3) is 0 Å². The number of hydrogen-bond acceptors (Lipinski definition) is 3. The van der Waals surface area contributed by atoms with E-state index in [1.807, 2.05) is 24.3 Å². The van der Waals surface area contributed by atoms with E-state index in [1.54, 1.807) is 24.3 Å². The van der Waals surface area contributed by atoms with E-state index in [2.05, 4.69) is 0 Å². The van der Waals surface area contributed by atoms with Gasteiger partial charge in [0, 0.05) is 6.42 Å². The van der Waals surface area contributed by atoms with Gasteiger partial charge in [-0.2, -0.15) is 0 Å². The fourth-order valence-corrected chi connectivity index (χ4v) is 2.34. The second-order valence-corrected chi connectivity index (χ2v) is 4.51. The molecule has 1 heterocycles. The van der Waals surface area contributed by atoms with E-state index in [9.17, 15) is 10.2 Å². The Hall–Kier alpha value is -2.00. The van der Waals surface area contributed by atoms with Crippen LogP contribution in [0.3, 0.4) is 0 Å². The van der Waals surface area contributed by atoms with E-state index in [0.29, 0.717) is 17.7 Å². The van der Waals surface area contributed by atoms with Crippen LogP contribution in [0.4, 0.5) is 0 Å². The van der Waals surface area contributed by atoms with E-state index < -0.39 is 5.79 Å². The second kappa shape index (κ2) is 4.03. The van der Waals surface area contributed by atoms with Gasteiger partial charge in [-0.3, -0.25) is 0 Å². The first kappa shape index (κ1) is 11.1. The van der Waals surface area contributed by atoms with E-state index >= 15 is 0 Å². The third-order valence-electron chi connectivity index (χ3n) is 3.31. The Bertz CT molecular complexity index is 579. The Morgan fingerprint density at radius 3 is 2.56 bits per heavy atom. The third kappa shape index (κ3) is 1.73. The molecule has 2 aromatic carbocycles. The zero-order chi connectivity index (χ0) is 12.6. The summed E-state index contributed by atoms with van der Waals surface area (Å²) in [6.07, 6.45) is 1.16. The fourth-order valence-electron chi connectivity index (χ4n) is 2.34. The van der Waals surface area contributed by atoms with Gasteiger partial charge >= 0.3 is 0 Å². The Morgan fingerprint density at radius 2 is 1.72 bits per heavy atom. The van der Waals surface area contributed by atoms with Gasteiger partial charge in [-0.25, -0.2) is 0 Å². The predicted molar refractivity (Wildman–Crippen MR) is 67.4 cm³/mol. The van der Waals surface area contributed by atoms with Crippen molar-refractivity contribution in [2.75, 3.05) is 0 Å². The molecule has 0 saturated carbocycles. The van der Waals surface area contributed by atoms with Crippen LogP contribution in [0.2, 0.25) is 0 Å². The standard InChI is InChI=1S/C15H14O3/c16-13-7-3-2-6-12(13)15(17)10-9-11-5-1-4-8-14(11)18-15/h1-8,16-17H,9-10H2. The zero-order valence-corrected chi connectivity index (χ0v) is 9.84. The van der Waals surface area contributed by atoms with Crippen molar-refractivity contribution in [3.8, 4) is 11.5 Å². The summed E-state index contributed by atoms with van der Waals surface area (Å²) in [4.78, 5) is 0. The molecule has 92 valence electrons. The number of phenols is 1. The number of rotatable bonds is 1. The lowest BCUT2D eigenvalue weighted by Crippen LogP contribution is -2.36. The number of aryl methyl sites for hydroxylation is 1. The molecule has 3 nitrogen and oxygen atoms in total. The van der Waals surface area contributed by atoms with Crippen molar-refractivity contribution in [1.82, 2.24) is 0 Å². The maximum Gasteiger partial charge on any atom is 0.238 e. The molecule has 2 N–H and O–H groups in total. The average Bonchev–Trinajstić information content (AvgIpc) is 2.39. The number of para-hydroxylation sites is 2. The average molecular weight is 242 g/mol. The van der Waals surface area contributed by atoms with Crippen molar-refractivity contribution in [2.45, 2.75) is 18.6 Å². The summed E-state index contributed by atoms with van der Waals surface area (Å²) in [5, 5.41) is 20.4. The molecule has 1 atom stereocenters. The SMILES string of the molecule is Oc1ccccc1C1(O)CCc2ccccc2O1. The van der Waals surface area contributed by atoms with Crippen LogP contribution in [0.15, 0.2) is 48.5 Å². The molecule has 0 bridgehead atoms. The lowest BCUT2D eigenvalue weighted by atomic mass is 9.94. The molecule has 18 heavy (non-hydrogen) atoms. The number of aromatic hydroxyl groups is 1. The second-order valence-electron chi connectivity index (χ2n) is 4.51. The van der Waals surface area contributed by atoms with E-state index in [-0.39, 0.29) is 5.75 Å². The summed E-state index contributed by atoms with van der Waals surface area (Å²) in [6.45, 7) is 0. The highest BCUT2D eigenvalue weighted by atomic mass is 16.6. The summed E-state index contributed by atoms with van der Waals surface area (Å²) in [5.41, 5.74) is 1.50. The molecule has 1 unspecified atom stereocenters. The van der Waals surface area contributed by atoms with Gasteiger partial charge < -0.3 is 14.9 Å². The third-order valence-corrected chi connectivity index (χ3v) is 3.31. The van der Waals surface area contributed by atoms with Crippen LogP contribution < -0.4 is 4.74 Å². The first-order valence-electron chi connectivity index (χ1n) is 5.97. The summed E-state index contributed by atoms with van der Waals surface area (Å²) in [5.74, 6) is -0.714. The largest absolute Gasteiger partial charge is 0.507 e. The maximum absolute atomic E-state index is 10.6. The van der Waals surface area contributed by atoms with Crippen LogP contribution in [0, 0.1) is 0 Å². The topological polar surface area (TPSA) is 49.7 Å². The molecule has 3 heteroatoms. The molecule has 0 aromatic heterocycles. The van der Waals surface area contributed by atoms with E-state index in [4.69, 9.17) is 4.74 Å². The summed E-state index contributed by atoms with van der Waals surface area (Å²) >= 11 is 0. The highest BCUT2D eigenvalue weighted by Crippen LogP contribution is 2.40.